The molecule has 0 saturated heterocycles. The predicted molar refractivity (Wildman–Crippen MR) is 115 cm³/mol. The first kappa shape index (κ1) is 18.4. The Morgan fingerprint density at radius 3 is 2.67 bits per heavy atom. The van der Waals surface area contributed by atoms with Crippen molar-refractivity contribution in [2.45, 2.75) is 32.2 Å². The summed E-state index contributed by atoms with van der Waals surface area (Å²) >= 11 is 0. The van der Waals surface area contributed by atoms with Gasteiger partial charge in [0.25, 0.3) is 5.91 Å². The Morgan fingerprint density at radius 1 is 1.10 bits per heavy atom. The second-order valence-corrected chi connectivity index (χ2v) is 7.73. The number of amides is 1. The van der Waals surface area contributed by atoms with Crippen molar-refractivity contribution in [1.82, 2.24) is 9.78 Å². The number of nitrogens with one attached hydrogen (secondary N) is 2. The van der Waals surface area contributed by atoms with Gasteiger partial charge in [0.2, 0.25) is 0 Å². The first-order chi connectivity index (χ1) is 14.6. The van der Waals surface area contributed by atoms with Crippen LogP contribution in [-0.2, 0) is 4.79 Å². The number of aryl methyl sites for hydroxylation is 1. The van der Waals surface area contributed by atoms with Crippen molar-refractivity contribution in [3.8, 4) is 0 Å². The fraction of sp³-hybridized carbons (Fsp3) is 0.208. The van der Waals surface area contributed by atoms with E-state index in [-0.39, 0.29) is 17.7 Å². The Balaban J connectivity index is 1.58. The molecule has 2 N–H and O–H groups in total. The third-order valence-corrected chi connectivity index (χ3v) is 5.79. The number of anilines is 2. The van der Waals surface area contributed by atoms with Crippen LogP contribution in [0.2, 0.25) is 0 Å². The van der Waals surface area contributed by atoms with Crippen LogP contribution in [0.3, 0.4) is 0 Å². The van der Waals surface area contributed by atoms with Crippen LogP contribution < -0.4 is 10.6 Å². The van der Waals surface area contributed by atoms with Crippen LogP contribution in [0.25, 0.3) is 0 Å². The van der Waals surface area contributed by atoms with Gasteiger partial charge in [0.1, 0.15) is 17.4 Å². The maximum Gasteiger partial charge on any atom is 0.261 e. The first-order valence-electron chi connectivity index (χ1n) is 10.2. The summed E-state index contributed by atoms with van der Waals surface area (Å²) in [4.78, 5) is 25.9. The SMILES string of the molecule is Cc1ccccc1NC(=O)c1cnn2c1NC1=C(C(=O)CCC1)[C@H]2c1ccccc1. The monoisotopic (exact) mass is 398 g/mol. The summed E-state index contributed by atoms with van der Waals surface area (Å²) < 4.78 is 1.77. The van der Waals surface area contributed by atoms with Gasteiger partial charge in [0, 0.05) is 23.4 Å². The van der Waals surface area contributed by atoms with Gasteiger partial charge in [-0.2, -0.15) is 5.10 Å². The van der Waals surface area contributed by atoms with Gasteiger partial charge in [-0.25, -0.2) is 4.68 Å². The van der Waals surface area contributed by atoms with Crippen molar-refractivity contribution in [2.24, 2.45) is 0 Å². The van der Waals surface area contributed by atoms with Crippen molar-refractivity contribution in [3.63, 3.8) is 0 Å². The summed E-state index contributed by atoms with van der Waals surface area (Å²) in [5.74, 6) is 0.545. The van der Waals surface area contributed by atoms with Crippen molar-refractivity contribution in [2.75, 3.05) is 10.6 Å². The number of benzene rings is 2. The Morgan fingerprint density at radius 2 is 1.87 bits per heavy atom. The molecule has 0 bridgehead atoms. The molecule has 2 aliphatic rings. The number of ketones is 1. The lowest BCUT2D eigenvalue weighted by atomic mass is 9.85. The van der Waals surface area contributed by atoms with E-state index in [4.69, 9.17) is 0 Å². The molecule has 1 aliphatic heterocycles. The molecule has 1 aromatic heterocycles. The first-order valence-corrected chi connectivity index (χ1v) is 10.2. The predicted octanol–water partition coefficient (Wildman–Crippen LogP) is 4.47. The van der Waals surface area contributed by atoms with E-state index in [9.17, 15) is 9.59 Å². The van der Waals surface area contributed by atoms with Gasteiger partial charge < -0.3 is 10.6 Å². The molecule has 6 nitrogen and oxygen atoms in total. The zero-order valence-corrected chi connectivity index (χ0v) is 16.7. The van der Waals surface area contributed by atoms with Crippen LogP contribution in [0, 0.1) is 6.92 Å². The topological polar surface area (TPSA) is 76.0 Å². The van der Waals surface area contributed by atoms with Gasteiger partial charge in [-0.1, -0.05) is 48.5 Å². The molecule has 6 heteroatoms. The zero-order chi connectivity index (χ0) is 20.7. The number of hydrogen-bond donors (Lipinski definition) is 2. The highest BCUT2D eigenvalue weighted by Gasteiger charge is 2.37. The maximum absolute atomic E-state index is 13.1. The van der Waals surface area contributed by atoms with Crippen LogP contribution in [0.5, 0.6) is 0 Å². The molecule has 1 amide bonds. The quantitative estimate of drug-likeness (QED) is 0.683. The van der Waals surface area contributed by atoms with Gasteiger partial charge in [0.15, 0.2) is 5.78 Å². The number of allylic oxidation sites excluding steroid dienone is 2. The summed E-state index contributed by atoms with van der Waals surface area (Å²) in [5, 5.41) is 10.9. The number of hydrogen-bond acceptors (Lipinski definition) is 4. The number of para-hydroxylation sites is 1. The standard InChI is InChI=1S/C24H22N4O2/c1-15-8-5-6-11-18(15)27-24(30)17-14-25-28-22(16-9-3-2-4-10-16)21-19(26-23(17)28)12-7-13-20(21)29/h2-6,8-11,14,22,26H,7,12-13H2,1H3,(H,27,30)/t22-/m1/s1. The average Bonchev–Trinajstić information content (AvgIpc) is 3.18. The molecule has 5 rings (SSSR count). The van der Waals surface area contributed by atoms with Crippen molar-refractivity contribution in [1.29, 1.82) is 0 Å². The number of rotatable bonds is 3. The van der Waals surface area contributed by atoms with Gasteiger partial charge >= 0.3 is 0 Å². The van der Waals surface area contributed by atoms with E-state index < -0.39 is 0 Å². The molecule has 0 spiro atoms. The number of nitrogens with zero attached hydrogens (tertiary/aromatic N) is 2. The summed E-state index contributed by atoms with van der Waals surface area (Å²) in [5.41, 5.74) is 4.86. The van der Waals surface area contributed by atoms with Gasteiger partial charge in [-0.15, -0.1) is 0 Å². The van der Waals surface area contributed by atoms with Crippen LogP contribution in [0.15, 0.2) is 72.1 Å². The fourth-order valence-electron chi connectivity index (χ4n) is 4.27. The Labute approximate surface area is 174 Å². The zero-order valence-electron chi connectivity index (χ0n) is 16.7. The lowest BCUT2D eigenvalue weighted by Crippen LogP contribution is -2.32. The Hall–Kier alpha value is -3.67. The van der Waals surface area contributed by atoms with Crippen molar-refractivity contribution < 1.29 is 9.59 Å². The summed E-state index contributed by atoms with van der Waals surface area (Å²) in [6.45, 7) is 1.96. The second kappa shape index (κ2) is 7.30. The largest absolute Gasteiger partial charge is 0.343 e. The molecule has 1 atom stereocenters. The average molecular weight is 398 g/mol. The van der Waals surface area contributed by atoms with E-state index in [0.29, 0.717) is 17.8 Å². The third kappa shape index (κ3) is 3.01. The highest BCUT2D eigenvalue weighted by Crippen LogP contribution is 2.41. The summed E-state index contributed by atoms with van der Waals surface area (Å²) in [6, 6.07) is 17.2. The molecule has 1 aliphatic carbocycles. The minimum atomic E-state index is -0.328. The van der Waals surface area contributed by atoms with Crippen LogP contribution in [0.1, 0.15) is 46.8 Å². The van der Waals surface area contributed by atoms with E-state index in [0.717, 1.165) is 40.9 Å². The number of fused-ring (bicyclic) bond motifs is 1. The van der Waals surface area contributed by atoms with E-state index in [2.05, 4.69) is 15.7 Å². The third-order valence-electron chi connectivity index (χ3n) is 5.79. The molecular weight excluding hydrogens is 376 g/mol. The molecular formula is C24H22N4O2. The highest BCUT2D eigenvalue weighted by atomic mass is 16.1. The number of Topliss-reactive ketones (excluding diaryl/α,β-unsaturated/α-hetero) is 1. The molecule has 30 heavy (non-hydrogen) atoms. The fourth-order valence-corrected chi connectivity index (χ4v) is 4.27. The van der Waals surface area contributed by atoms with Crippen LogP contribution >= 0.6 is 0 Å². The Bertz CT molecular complexity index is 1180. The van der Waals surface area contributed by atoms with E-state index in [1.54, 1.807) is 10.9 Å². The molecule has 150 valence electrons. The summed E-state index contributed by atoms with van der Waals surface area (Å²) in [6.07, 6.45) is 3.72. The molecule has 3 aromatic rings. The van der Waals surface area contributed by atoms with Gasteiger partial charge in [-0.3, -0.25) is 9.59 Å². The van der Waals surface area contributed by atoms with Gasteiger partial charge in [-0.05, 0) is 37.0 Å². The van der Waals surface area contributed by atoms with Gasteiger partial charge in [0.05, 0.1) is 6.20 Å². The highest BCUT2D eigenvalue weighted by molar-refractivity contribution is 6.08. The van der Waals surface area contributed by atoms with E-state index in [1.165, 1.54) is 0 Å². The number of carbonyl (C=O) groups is 2. The molecule has 0 saturated carbocycles. The maximum atomic E-state index is 13.1. The normalized spacial score (nSPS) is 17.8. The molecule has 2 aromatic carbocycles. The number of carbonyl (C=O) groups excluding carboxylic acids is 2. The lowest BCUT2D eigenvalue weighted by molar-refractivity contribution is -0.116. The van der Waals surface area contributed by atoms with E-state index >= 15 is 0 Å². The molecule has 0 radical (unpaired) electrons. The minimum absolute atomic E-state index is 0.143. The lowest BCUT2D eigenvalue weighted by Gasteiger charge is -2.33. The van der Waals surface area contributed by atoms with Crippen molar-refractivity contribution >= 4 is 23.2 Å². The molecule has 0 fully saturated rings. The molecule has 0 unspecified atom stereocenters. The van der Waals surface area contributed by atoms with E-state index in [1.807, 2.05) is 61.5 Å². The van der Waals surface area contributed by atoms with Crippen LogP contribution in [-0.4, -0.2) is 21.5 Å². The summed E-state index contributed by atoms with van der Waals surface area (Å²) in [7, 11) is 0. The molecule has 2 heterocycles. The Kier molecular flexibility index (Phi) is 4.47. The number of aromatic nitrogens is 2. The van der Waals surface area contributed by atoms with Crippen LogP contribution in [0.4, 0.5) is 11.5 Å². The minimum Gasteiger partial charge on any atom is -0.343 e. The smallest absolute Gasteiger partial charge is 0.261 e. The van der Waals surface area contributed by atoms with Crippen molar-refractivity contribution in [3.05, 3.63) is 88.8 Å². The second-order valence-electron chi connectivity index (χ2n) is 7.73.